The summed E-state index contributed by atoms with van der Waals surface area (Å²) < 4.78 is 1.19. The van der Waals surface area contributed by atoms with Crippen LogP contribution in [0.2, 0.25) is 0 Å². The summed E-state index contributed by atoms with van der Waals surface area (Å²) in [5, 5.41) is 12.1. The topological polar surface area (TPSA) is 42.7 Å². The molecule has 19 heavy (non-hydrogen) atoms. The maximum atomic E-state index is 4.24. The van der Waals surface area contributed by atoms with Gasteiger partial charge < -0.3 is 5.32 Å². The molecule has 2 aromatic rings. The van der Waals surface area contributed by atoms with E-state index >= 15 is 0 Å². The first-order valence-corrected chi connectivity index (χ1v) is 7.83. The van der Waals surface area contributed by atoms with Gasteiger partial charge in [-0.15, -0.1) is 4.80 Å². The third-order valence-corrected chi connectivity index (χ3v) is 4.23. The number of nitrogens with one attached hydrogen (secondary N) is 1. The summed E-state index contributed by atoms with van der Waals surface area (Å²) in [6.45, 7) is 0. The van der Waals surface area contributed by atoms with E-state index < -0.39 is 0 Å². The van der Waals surface area contributed by atoms with Crippen molar-refractivity contribution in [1.82, 2.24) is 15.0 Å². The lowest BCUT2D eigenvalue weighted by molar-refractivity contribution is 0.462. The average Bonchev–Trinajstić information content (AvgIpc) is 2.96. The molecule has 0 unspecified atom stereocenters. The van der Waals surface area contributed by atoms with Crippen molar-refractivity contribution in [1.29, 1.82) is 0 Å². The van der Waals surface area contributed by atoms with Crippen molar-refractivity contribution in [3.05, 3.63) is 34.2 Å². The van der Waals surface area contributed by atoms with Crippen LogP contribution in [0.5, 0.6) is 0 Å². The molecule has 1 aromatic carbocycles. The average molecular weight is 368 g/mol. The molecule has 1 aliphatic carbocycles. The van der Waals surface area contributed by atoms with E-state index in [-0.39, 0.29) is 0 Å². The fourth-order valence-corrected chi connectivity index (χ4v) is 3.07. The second-order valence-electron chi connectivity index (χ2n) is 4.96. The number of anilines is 1. The largest absolute Gasteiger partial charge is 0.381 e. The fraction of sp³-hybridized carbons (Fsp3) is 0.429. The molecule has 5 heteroatoms. The van der Waals surface area contributed by atoms with E-state index in [1.165, 1.54) is 35.7 Å². The lowest BCUT2D eigenvalue weighted by atomic mass is 9.95. The molecule has 1 aromatic heterocycles. The van der Waals surface area contributed by atoms with E-state index in [0.717, 1.165) is 11.4 Å². The molecular weight excluding hydrogens is 351 g/mol. The Hall–Kier alpha value is -1.11. The summed E-state index contributed by atoms with van der Waals surface area (Å²) in [6, 6.07) is 6.96. The van der Waals surface area contributed by atoms with Crippen molar-refractivity contribution >= 4 is 28.3 Å². The number of benzene rings is 1. The van der Waals surface area contributed by atoms with Gasteiger partial charge in [0.1, 0.15) is 5.69 Å². The highest BCUT2D eigenvalue weighted by molar-refractivity contribution is 14.1. The second-order valence-corrected chi connectivity index (χ2v) is 6.20. The third kappa shape index (κ3) is 3.08. The Morgan fingerprint density at radius 3 is 2.58 bits per heavy atom. The SMILES string of the molecule is Ic1ccc(NC2CCCCC2)c(-n2nccn2)c1. The van der Waals surface area contributed by atoms with Crippen molar-refractivity contribution in [2.45, 2.75) is 38.1 Å². The molecule has 0 atom stereocenters. The Bertz CT molecular complexity index is 532. The minimum absolute atomic E-state index is 0.586. The van der Waals surface area contributed by atoms with Crippen LogP contribution in [0.25, 0.3) is 5.69 Å². The van der Waals surface area contributed by atoms with Gasteiger partial charge in [0, 0.05) is 9.61 Å². The zero-order chi connectivity index (χ0) is 13.1. The van der Waals surface area contributed by atoms with E-state index in [1.807, 2.05) is 0 Å². The summed E-state index contributed by atoms with van der Waals surface area (Å²) in [5.41, 5.74) is 2.16. The van der Waals surface area contributed by atoms with Crippen LogP contribution < -0.4 is 5.32 Å². The second kappa shape index (κ2) is 5.90. The van der Waals surface area contributed by atoms with E-state index in [9.17, 15) is 0 Å². The smallest absolute Gasteiger partial charge is 0.110 e. The summed E-state index contributed by atoms with van der Waals surface area (Å²) in [7, 11) is 0. The molecule has 0 aliphatic heterocycles. The molecule has 0 saturated heterocycles. The first-order valence-electron chi connectivity index (χ1n) is 6.76. The number of halogens is 1. The Labute approximate surface area is 126 Å². The van der Waals surface area contributed by atoms with Gasteiger partial charge in [0.25, 0.3) is 0 Å². The minimum atomic E-state index is 0.586. The van der Waals surface area contributed by atoms with Crippen molar-refractivity contribution < 1.29 is 0 Å². The Morgan fingerprint density at radius 1 is 1.11 bits per heavy atom. The Kier molecular flexibility index (Phi) is 4.00. The number of aromatic nitrogens is 3. The maximum absolute atomic E-state index is 4.24. The molecular formula is C14H17IN4. The normalized spacial score (nSPS) is 16.5. The van der Waals surface area contributed by atoms with E-state index in [0.29, 0.717) is 6.04 Å². The monoisotopic (exact) mass is 368 g/mol. The summed E-state index contributed by atoms with van der Waals surface area (Å²) in [5.74, 6) is 0. The molecule has 1 saturated carbocycles. The number of hydrogen-bond donors (Lipinski definition) is 1. The van der Waals surface area contributed by atoms with Crippen molar-refractivity contribution in [3.63, 3.8) is 0 Å². The maximum Gasteiger partial charge on any atom is 0.110 e. The lowest BCUT2D eigenvalue weighted by Gasteiger charge is -2.25. The van der Waals surface area contributed by atoms with Crippen LogP contribution in [-0.2, 0) is 0 Å². The molecule has 0 spiro atoms. The number of hydrogen-bond acceptors (Lipinski definition) is 3. The van der Waals surface area contributed by atoms with E-state index in [4.69, 9.17) is 0 Å². The van der Waals surface area contributed by atoms with Crippen molar-refractivity contribution in [2.24, 2.45) is 0 Å². The predicted molar refractivity (Wildman–Crippen MR) is 84.6 cm³/mol. The van der Waals surface area contributed by atoms with Crippen molar-refractivity contribution in [2.75, 3.05) is 5.32 Å². The molecule has 1 aliphatic rings. The van der Waals surface area contributed by atoms with Gasteiger partial charge in [-0.25, -0.2) is 0 Å². The van der Waals surface area contributed by atoms with Gasteiger partial charge in [-0.05, 0) is 53.6 Å². The molecule has 4 nitrogen and oxygen atoms in total. The van der Waals surface area contributed by atoms with Crippen LogP contribution in [0.3, 0.4) is 0 Å². The van der Waals surface area contributed by atoms with Crippen LogP contribution in [0, 0.1) is 3.57 Å². The Morgan fingerprint density at radius 2 is 1.84 bits per heavy atom. The van der Waals surface area contributed by atoms with Crippen LogP contribution in [0.1, 0.15) is 32.1 Å². The Balaban J connectivity index is 1.87. The fourth-order valence-electron chi connectivity index (χ4n) is 2.60. The molecule has 0 amide bonds. The first kappa shape index (κ1) is 12.9. The van der Waals surface area contributed by atoms with Gasteiger partial charge in [-0.3, -0.25) is 0 Å². The molecule has 100 valence electrons. The van der Waals surface area contributed by atoms with Crippen LogP contribution >= 0.6 is 22.6 Å². The van der Waals surface area contributed by atoms with Gasteiger partial charge >= 0.3 is 0 Å². The van der Waals surface area contributed by atoms with E-state index in [1.54, 1.807) is 17.2 Å². The molecule has 0 radical (unpaired) electrons. The molecule has 3 rings (SSSR count). The quantitative estimate of drug-likeness (QED) is 0.842. The number of rotatable bonds is 3. The molecule has 1 N–H and O–H groups in total. The van der Waals surface area contributed by atoms with Crippen LogP contribution in [-0.4, -0.2) is 21.0 Å². The highest BCUT2D eigenvalue weighted by Gasteiger charge is 2.15. The lowest BCUT2D eigenvalue weighted by Crippen LogP contribution is -2.23. The summed E-state index contributed by atoms with van der Waals surface area (Å²) >= 11 is 2.32. The predicted octanol–water partition coefficient (Wildman–Crippen LogP) is 3.62. The highest BCUT2D eigenvalue weighted by atomic mass is 127. The van der Waals surface area contributed by atoms with Crippen LogP contribution in [0.4, 0.5) is 5.69 Å². The van der Waals surface area contributed by atoms with Gasteiger partial charge in [-0.2, -0.15) is 10.2 Å². The van der Waals surface area contributed by atoms with Gasteiger partial charge in [0.2, 0.25) is 0 Å². The first-order chi connectivity index (χ1) is 9.33. The third-order valence-electron chi connectivity index (χ3n) is 3.56. The van der Waals surface area contributed by atoms with Gasteiger partial charge in [-0.1, -0.05) is 19.3 Å². The molecule has 1 fully saturated rings. The zero-order valence-corrected chi connectivity index (χ0v) is 12.9. The van der Waals surface area contributed by atoms with Gasteiger partial charge in [0.15, 0.2) is 0 Å². The van der Waals surface area contributed by atoms with Gasteiger partial charge in [0.05, 0.1) is 18.1 Å². The number of nitrogens with zero attached hydrogens (tertiary/aromatic N) is 3. The van der Waals surface area contributed by atoms with Crippen molar-refractivity contribution in [3.8, 4) is 5.69 Å². The minimum Gasteiger partial charge on any atom is -0.381 e. The molecule has 0 bridgehead atoms. The van der Waals surface area contributed by atoms with Crippen LogP contribution in [0.15, 0.2) is 30.6 Å². The summed E-state index contributed by atoms with van der Waals surface area (Å²) in [4.78, 5) is 1.69. The standard InChI is InChI=1S/C14H17IN4/c15-11-6-7-13(18-12-4-2-1-3-5-12)14(10-11)19-16-8-9-17-19/h6-10,12,18H,1-5H2. The highest BCUT2D eigenvalue weighted by Crippen LogP contribution is 2.26. The molecule has 1 heterocycles. The van der Waals surface area contributed by atoms with E-state index in [2.05, 4.69) is 56.3 Å². The zero-order valence-electron chi connectivity index (χ0n) is 10.7. The summed E-state index contributed by atoms with van der Waals surface area (Å²) in [6.07, 6.45) is 9.98.